The van der Waals surface area contributed by atoms with Gasteiger partial charge in [0.05, 0.1) is 17.2 Å². The van der Waals surface area contributed by atoms with E-state index in [-0.39, 0.29) is 11.9 Å². The molecule has 0 radical (unpaired) electrons. The zero-order valence-electron chi connectivity index (χ0n) is 13.1. The van der Waals surface area contributed by atoms with Gasteiger partial charge in [0.25, 0.3) is 5.91 Å². The number of para-hydroxylation sites is 1. The Morgan fingerprint density at radius 2 is 2.17 bits per heavy atom. The largest absolute Gasteiger partial charge is 0.454 e. The van der Waals surface area contributed by atoms with Crippen molar-refractivity contribution in [2.24, 2.45) is 0 Å². The van der Waals surface area contributed by atoms with E-state index in [1.165, 1.54) is 5.56 Å². The van der Waals surface area contributed by atoms with Crippen molar-refractivity contribution in [3.63, 3.8) is 0 Å². The molecule has 1 aliphatic heterocycles. The molecule has 2 aromatic heterocycles. The third-order valence-electron chi connectivity index (χ3n) is 4.22. The van der Waals surface area contributed by atoms with E-state index >= 15 is 0 Å². The third kappa shape index (κ3) is 2.67. The molecule has 1 aliphatic rings. The molecule has 0 saturated carbocycles. The van der Waals surface area contributed by atoms with Gasteiger partial charge >= 0.3 is 0 Å². The fourth-order valence-electron chi connectivity index (χ4n) is 3.16. The van der Waals surface area contributed by atoms with E-state index in [0.717, 1.165) is 16.6 Å². The number of carbonyl (C=O) groups excluding carboxylic acids is 1. The van der Waals surface area contributed by atoms with Gasteiger partial charge in [0, 0.05) is 17.9 Å². The summed E-state index contributed by atoms with van der Waals surface area (Å²) in [6.45, 7) is 2.55. The number of amides is 1. The lowest BCUT2D eigenvalue weighted by molar-refractivity contribution is 0.0952. The predicted octanol–water partition coefficient (Wildman–Crippen LogP) is 3.88. The summed E-state index contributed by atoms with van der Waals surface area (Å²) in [6.07, 6.45) is 4.46. The smallest absolute Gasteiger partial charge is 0.294 e. The lowest BCUT2D eigenvalue weighted by Gasteiger charge is -2.21. The number of furan rings is 1. The van der Waals surface area contributed by atoms with Crippen LogP contribution in [0.2, 0.25) is 0 Å². The molecule has 122 valence electrons. The fraction of sp³-hybridized carbons (Fsp3) is 0.222. The zero-order chi connectivity index (χ0) is 16.7. The number of aromatic nitrogens is 2. The van der Waals surface area contributed by atoms with Gasteiger partial charge in [-0.1, -0.05) is 18.2 Å². The molecule has 0 saturated heterocycles. The fourth-order valence-corrected chi connectivity index (χ4v) is 3.48. The van der Waals surface area contributed by atoms with Crippen LogP contribution in [0.25, 0.3) is 0 Å². The van der Waals surface area contributed by atoms with E-state index in [2.05, 4.69) is 34.0 Å². The van der Waals surface area contributed by atoms with Gasteiger partial charge in [-0.2, -0.15) is 5.10 Å². The first-order valence-corrected chi connectivity index (χ1v) is 8.59. The Morgan fingerprint density at radius 1 is 1.33 bits per heavy atom. The van der Waals surface area contributed by atoms with Crippen molar-refractivity contribution in [3.8, 4) is 0 Å². The van der Waals surface area contributed by atoms with Crippen molar-refractivity contribution in [1.29, 1.82) is 0 Å². The van der Waals surface area contributed by atoms with Crippen LogP contribution in [0.3, 0.4) is 0 Å². The van der Waals surface area contributed by atoms with E-state index in [9.17, 15) is 4.79 Å². The van der Waals surface area contributed by atoms with Gasteiger partial charge in [0.15, 0.2) is 5.76 Å². The molecule has 5 nitrogen and oxygen atoms in total. The minimum absolute atomic E-state index is 0.0969. The second-order valence-corrected chi connectivity index (χ2v) is 6.89. The molecule has 0 bridgehead atoms. The van der Waals surface area contributed by atoms with Crippen LogP contribution >= 0.6 is 15.9 Å². The van der Waals surface area contributed by atoms with Gasteiger partial charge in [0.2, 0.25) is 0 Å². The average Bonchev–Trinajstić information content (AvgIpc) is 3.25. The number of carbonyl (C=O) groups is 1. The lowest BCUT2D eigenvalue weighted by Crippen LogP contribution is -2.35. The molecule has 1 unspecified atom stereocenters. The summed E-state index contributed by atoms with van der Waals surface area (Å²) < 4.78 is 8.43. The van der Waals surface area contributed by atoms with Crippen LogP contribution in [-0.4, -0.2) is 21.7 Å². The van der Waals surface area contributed by atoms with E-state index in [1.54, 1.807) is 16.9 Å². The van der Waals surface area contributed by atoms with Crippen molar-refractivity contribution in [3.05, 3.63) is 70.3 Å². The Labute approximate surface area is 148 Å². The van der Waals surface area contributed by atoms with Crippen LogP contribution in [0.15, 0.2) is 57.7 Å². The number of benzene rings is 1. The molecule has 3 heterocycles. The maximum absolute atomic E-state index is 12.9. The Kier molecular flexibility index (Phi) is 3.76. The number of hydrogen-bond acceptors (Lipinski definition) is 3. The normalized spacial score (nSPS) is 16.4. The first-order chi connectivity index (χ1) is 11.6. The van der Waals surface area contributed by atoms with Gasteiger partial charge in [-0.25, -0.2) is 0 Å². The number of hydrogen-bond donors (Lipinski definition) is 0. The van der Waals surface area contributed by atoms with E-state index < -0.39 is 0 Å². The highest BCUT2D eigenvalue weighted by atomic mass is 79.9. The molecular weight excluding hydrogens is 370 g/mol. The Balaban J connectivity index is 1.57. The highest BCUT2D eigenvalue weighted by Gasteiger charge is 2.32. The van der Waals surface area contributed by atoms with Gasteiger partial charge in [0.1, 0.15) is 5.76 Å². The molecule has 3 aromatic rings. The molecule has 1 aromatic carbocycles. The van der Waals surface area contributed by atoms with Gasteiger partial charge in [-0.05, 0) is 53.0 Å². The van der Waals surface area contributed by atoms with Crippen molar-refractivity contribution >= 4 is 27.5 Å². The second-order valence-electron chi connectivity index (χ2n) is 5.98. The molecule has 0 spiro atoms. The standard InChI is InChI=1S/C18H16BrN3O2/c1-12-8-13-4-2-3-5-16(13)22(12)18(23)17-7-6-15(24-17)11-21-10-14(19)9-20-21/h2-7,9-10,12H,8,11H2,1H3. The van der Waals surface area contributed by atoms with Crippen LogP contribution in [0.4, 0.5) is 5.69 Å². The monoisotopic (exact) mass is 385 g/mol. The minimum atomic E-state index is -0.0969. The van der Waals surface area contributed by atoms with E-state index in [0.29, 0.717) is 18.1 Å². The molecule has 4 rings (SSSR count). The first kappa shape index (κ1) is 15.2. The van der Waals surface area contributed by atoms with Crippen molar-refractivity contribution in [2.75, 3.05) is 4.90 Å². The van der Waals surface area contributed by atoms with E-state index in [1.807, 2.05) is 35.4 Å². The molecule has 1 amide bonds. The van der Waals surface area contributed by atoms with Crippen LogP contribution in [0.1, 0.15) is 28.8 Å². The molecule has 0 aliphatic carbocycles. The van der Waals surface area contributed by atoms with Gasteiger partial charge < -0.3 is 9.32 Å². The molecule has 6 heteroatoms. The summed E-state index contributed by atoms with van der Waals surface area (Å²) in [6, 6.07) is 11.7. The topological polar surface area (TPSA) is 51.3 Å². The molecular formula is C18H16BrN3O2. The molecule has 0 N–H and O–H groups in total. The number of anilines is 1. The summed E-state index contributed by atoms with van der Waals surface area (Å²) in [7, 11) is 0. The summed E-state index contributed by atoms with van der Waals surface area (Å²) >= 11 is 3.37. The summed E-state index contributed by atoms with van der Waals surface area (Å²) in [5, 5.41) is 4.20. The van der Waals surface area contributed by atoms with Crippen molar-refractivity contribution < 1.29 is 9.21 Å². The van der Waals surface area contributed by atoms with Crippen LogP contribution in [0, 0.1) is 0 Å². The first-order valence-electron chi connectivity index (χ1n) is 7.80. The summed E-state index contributed by atoms with van der Waals surface area (Å²) in [4.78, 5) is 14.7. The maximum Gasteiger partial charge on any atom is 0.294 e. The highest BCUT2D eigenvalue weighted by molar-refractivity contribution is 9.10. The molecule has 1 atom stereocenters. The second kappa shape index (κ2) is 5.94. The van der Waals surface area contributed by atoms with E-state index in [4.69, 9.17) is 4.42 Å². The minimum Gasteiger partial charge on any atom is -0.454 e. The summed E-state index contributed by atoms with van der Waals surface area (Å²) in [5.74, 6) is 0.967. The molecule has 24 heavy (non-hydrogen) atoms. The quantitative estimate of drug-likeness (QED) is 0.687. The van der Waals surface area contributed by atoms with Crippen molar-refractivity contribution in [2.45, 2.75) is 25.9 Å². The average molecular weight is 386 g/mol. The zero-order valence-corrected chi connectivity index (χ0v) is 14.7. The van der Waals surface area contributed by atoms with Crippen LogP contribution in [-0.2, 0) is 13.0 Å². The van der Waals surface area contributed by atoms with Crippen LogP contribution < -0.4 is 4.90 Å². The van der Waals surface area contributed by atoms with Gasteiger partial charge in [-0.3, -0.25) is 9.48 Å². The number of fused-ring (bicyclic) bond motifs is 1. The number of nitrogens with zero attached hydrogens (tertiary/aromatic N) is 3. The summed E-state index contributed by atoms with van der Waals surface area (Å²) in [5.41, 5.74) is 2.18. The Bertz CT molecular complexity index is 899. The maximum atomic E-state index is 12.9. The van der Waals surface area contributed by atoms with Crippen LogP contribution in [0.5, 0.6) is 0 Å². The third-order valence-corrected chi connectivity index (χ3v) is 4.63. The highest BCUT2D eigenvalue weighted by Crippen LogP contribution is 2.33. The Morgan fingerprint density at radius 3 is 2.96 bits per heavy atom. The SMILES string of the molecule is CC1Cc2ccccc2N1C(=O)c1ccc(Cn2cc(Br)cn2)o1. The number of rotatable bonds is 3. The Hall–Kier alpha value is -2.34. The predicted molar refractivity (Wildman–Crippen MR) is 94.2 cm³/mol. The molecule has 0 fully saturated rings. The van der Waals surface area contributed by atoms with Crippen molar-refractivity contribution in [1.82, 2.24) is 9.78 Å². The lowest BCUT2D eigenvalue weighted by atomic mass is 10.1. The number of halogens is 1. The van der Waals surface area contributed by atoms with Gasteiger partial charge in [-0.15, -0.1) is 0 Å².